The molecule has 1 aromatic carbocycles. The molecule has 2 fully saturated rings. The summed E-state index contributed by atoms with van der Waals surface area (Å²) in [6, 6.07) is 3.68. The average Bonchev–Trinajstić information content (AvgIpc) is 3.34. The van der Waals surface area contributed by atoms with E-state index < -0.39 is 0 Å². The normalized spacial score (nSPS) is 17.3. The van der Waals surface area contributed by atoms with Crippen LogP contribution in [-0.2, 0) is 9.59 Å². The third-order valence-corrected chi connectivity index (χ3v) is 5.87. The second-order valence-electron chi connectivity index (χ2n) is 7.77. The highest BCUT2D eigenvalue weighted by Gasteiger charge is 2.25. The summed E-state index contributed by atoms with van der Waals surface area (Å²) in [5, 5.41) is 0. The Morgan fingerprint density at radius 2 is 1.48 bits per heavy atom. The van der Waals surface area contributed by atoms with Crippen molar-refractivity contribution in [1.82, 2.24) is 14.7 Å². The number of amides is 2. The van der Waals surface area contributed by atoms with Gasteiger partial charge in [-0.3, -0.25) is 14.5 Å². The van der Waals surface area contributed by atoms with Crippen LogP contribution in [0, 0.1) is 0 Å². The van der Waals surface area contributed by atoms with E-state index in [1.807, 2.05) is 34.1 Å². The fourth-order valence-electron chi connectivity index (χ4n) is 4.08. The van der Waals surface area contributed by atoms with Gasteiger partial charge in [0.25, 0.3) is 0 Å². The van der Waals surface area contributed by atoms with E-state index in [-0.39, 0.29) is 11.8 Å². The molecule has 170 valence electrons. The Balaban J connectivity index is 1.49. The van der Waals surface area contributed by atoms with E-state index >= 15 is 0 Å². The maximum Gasteiger partial charge on any atom is 0.236 e. The standard InChI is InChI=1S/C23H33N3O5/c1-29-19-10-9-18(22(30-2)23(19)31-3)7-6-8-20(27)26-15-13-24(14-16-26)17-21(28)25-11-4-5-12-25/h6-7,9-10H,4-5,8,11-17H2,1-3H3/b7-6+. The van der Waals surface area contributed by atoms with Crippen molar-refractivity contribution >= 4 is 17.9 Å². The molecule has 8 heteroatoms. The van der Waals surface area contributed by atoms with E-state index in [4.69, 9.17) is 14.2 Å². The number of carbonyl (C=O) groups excluding carboxylic acids is 2. The first-order valence-corrected chi connectivity index (χ1v) is 10.8. The van der Waals surface area contributed by atoms with Crippen LogP contribution in [0.25, 0.3) is 6.08 Å². The third kappa shape index (κ3) is 5.70. The van der Waals surface area contributed by atoms with Crippen LogP contribution in [0.2, 0.25) is 0 Å². The van der Waals surface area contributed by atoms with Crippen LogP contribution in [0.1, 0.15) is 24.8 Å². The minimum absolute atomic E-state index is 0.0845. The first-order valence-electron chi connectivity index (χ1n) is 10.8. The van der Waals surface area contributed by atoms with Crippen molar-refractivity contribution in [2.75, 3.05) is 67.1 Å². The molecule has 31 heavy (non-hydrogen) atoms. The molecule has 8 nitrogen and oxygen atoms in total. The van der Waals surface area contributed by atoms with Crippen molar-refractivity contribution in [3.63, 3.8) is 0 Å². The summed E-state index contributed by atoms with van der Waals surface area (Å²) < 4.78 is 16.2. The predicted molar refractivity (Wildman–Crippen MR) is 119 cm³/mol. The first-order chi connectivity index (χ1) is 15.1. The van der Waals surface area contributed by atoms with Gasteiger partial charge in [-0.15, -0.1) is 0 Å². The fraction of sp³-hybridized carbons (Fsp3) is 0.565. The molecule has 2 aliphatic heterocycles. The van der Waals surface area contributed by atoms with Gasteiger partial charge in [-0.1, -0.05) is 12.2 Å². The molecule has 2 aliphatic rings. The van der Waals surface area contributed by atoms with Crippen molar-refractivity contribution in [1.29, 1.82) is 0 Å². The van der Waals surface area contributed by atoms with Crippen molar-refractivity contribution in [2.45, 2.75) is 19.3 Å². The number of nitrogens with zero attached hydrogens (tertiary/aromatic N) is 3. The third-order valence-electron chi connectivity index (χ3n) is 5.87. The molecule has 1 aromatic rings. The minimum Gasteiger partial charge on any atom is -0.493 e. The van der Waals surface area contributed by atoms with E-state index in [1.54, 1.807) is 21.3 Å². The molecule has 0 bridgehead atoms. The van der Waals surface area contributed by atoms with E-state index in [0.29, 0.717) is 43.3 Å². The second-order valence-corrected chi connectivity index (χ2v) is 7.77. The Bertz CT molecular complexity index is 797. The van der Waals surface area contributed by atoms with Crippen LogP contribution in [0.5, 0.6) is 17.2 Å². The minimum atomic E-state index is 0.0845. The lowest BCUT2D eigenvalue weighted by molar-refractivity contribution is -0.134. The van der Waals surface area contributed by atoms with Gasteiger partial charge < -0.3 is 24.0 Å². The van der Waals surface area contributed by atoms with Gasteiger partial charge in [-0.25, -0.2) is 0 Å². The number of hydrogen-bond acceptors (Lipinski definition) is 6. The lowest BCUT2D eigenvalue weighted by Gasteiger charge is -2.35. The second kappa shape index (κ2) is 11.0. The molecule has 0 atom stereocenters. The van der Waals surface area contributed by atoms with E-state index in [0.717, 1.165) is 44.6 Å². The zero-order valence-electron chi connectivity index (χ0n) is 18.8. The Hall–Kier alpha value is -2.74. The summed E-state index contributed by atoms with van der Waals surface area (Å²) in [6.07, 6.45) is 6.23. The van der Waals surface area contributed by atoms with Crippen LogP contribution in [-0.4, -0.2) is 93.7 Å². The Morgan fingerprint density at radius 3 is 2.10 bits per heavy atom. The van der Waals surface area contributed by atoms with Gasteiger partial charge >= 0.3 is 0 Å². The Kier molecular flexibility index (Phi) is 8.17. The largest absolute Gasteiger partial charge is 0.493 e. The number of rotatable bonds is 8. The summed E-state index contributed by atoms with van der Waals surface area (Å²) in [5.74, 6) is 1.99. The van der Waals surface area contributed by atoms with Gasteiger partial charge in [-0.05, 0) is 25.0 Å². The summed E-state index contributed by atoms with van der Waals surface area (Å²) in [7, 11) is 4.72. The van der Waals surface area contributed by atoms with Gasteiger partial charge in [-0.2, -0.15) is 0 Å². The van der Waals surface area contributed by atoms with E-state index in [1.165, 1.54) is 0 Å². The number of carbonyl (C=O) groups is 2. The van der Waals surface area contributed by atoms with Crippen LogP contribution in [0.4, 0.5) is 0 Å². The molecule has 0 aliphatic carbocycles. The quantitative estimate of drug-likeness (QED) is 0.626. The van der Waals surface area contributed by atoms with Gasteiger partial charge in [0.2, 0.25) is 17.6 Å². The molecule has 0 aromatic heterocycles. The molecule has 2 heterocycles. The van der Waals surface area contributed by atoms with Gasteiger partial charge in [0.05, 0.1) is 27.9 Å². The summed E-state index contributed by atoms with van der Waals surface area (Å²) in [4.78, 5) is 30.9. The van der Waals surface area contributed by atoms with Crippen LogP contribution in [0.15, 0.2) is 18.2 Å². The summed E-state index contributed by atoms with van der Waals surface area (Å²) >= 11 is 0. The number of likely N-dealkylation sites (tertiary alicyclic amines) is 1. The highest BCUT2D eigenvalue weighted by Crippen LogP contribution is 2.40. The molecule has 3 rings (SSSR count). The monoisotopic (exact) mass is 431 g/mol. The summed E-state index contributed by atoms with van der Waals surface area (Å²) in [6.45, 7) is 5.00. The average molecular weight is 432 g/mol. The van der Waals surface area contributed by atoms with Gasteiger partial charge in [0, 0.05) is 51.3 Å². The first kappa shape index (κ1) is 22.9. The highest BCUT2D eigenvalue weighted by atomic mass is 16.5. The smallest absolute Gasteiger partial charge is 0.236 e. The van der Waals surface area contributed by atoms with Crippen molar-refractivity contribution in [3.05, 3.63) is 23.8 Å². The zero-order valence-corrected chi connectivity index (χ0v) is 18.8. The number of hydrogen-bond donors (Lipinski definition) is 0. The molecular weight excluding hydrogens is 398 g/mol. The maximum absolute atomic E-state index is 12.6. The molecular formula is C23H33N3O5. The highest BCUT2D eigenvalue weighted by molar-refractivity contribution is 5.80. The van der Waals surface area contributed by atoms with Crippen LogP contribution < -0.4 is 14.2 Å². The van der Waals surface area contributed by atoms with Gasteiger partial charge in [0.15, 0.2) is 11.5 Å². The maximum atomic E-state index is 12.6. The van der Waals surface area contributed by atoms with Crippen molar-refractivity contribution in [3.8, 4) is 17.2 Å². The molecule has 0 saturated carbocycles. The Labute approximate surface area is 184 Å². The fourth-order valence-corrected chi connectivity index (χ4v) is 4.08. The topological polar surface area (TPSA) is 71.6 Å². The van der Waals surface area contributed by atoms with E-state index in [2.05, 4.69) is 4.90 Å². The summed E-state index contributed by atoms with van der Waals surface area (Å²) in [5.41, 5.74) is 0.818. The Morgan fingerprint density at radius 1 is 0.839 bits per heavy atom. The number of ether oxygens (including phenoxy) is 3. The molecule has 2 amide bonds. The van der Waals surface area contributed by atoms with Crippen LogP contribution in [0.3, 0.4) is 0 Å². The number of methoxy groups -OCH3 is 3. The molecule has 0 unspecified atom stereocenters. The number of piperazine rings is 1. The zero-order chi connectivity index (χ0) is 22.2. The lowest BCUT2D eigenvalue weighted by Crippen LogP contribution is -2.51. The van der Waals surface area contributed by atoms with Crippen LogP contribution >= 0.6 is 0 Å². The van der Waals surface area contributed by atoms with Gasteiger partial charge in [0.1, 0.15) is 0 Å². The number of benzene rings is 1. The van der Waals surface area contributed by atoms with E-state index in [9.17, 15) is 9.59 Å². The molecule has 0 N–H and O–H groups in total. The lowest BCUT2D eigenvalue weighted by atomic mass is 10.1. The molecule has 2 saturated heterocycles. The SMILES string of the molecule is COc1ccc(/C=C/CC(=O)N2CCN(CC(=O)N3CCCC3)CC2)c(OC)c1OC. The van der Waals surface area contributed by atoms with Crippen molar-refractivity contribution in [2.24, 2.45) is 0 Å². The molecule has 0 radical (unpaired) electrons. The predicted octanol–water partition coefficient (Wildman–Crippen LogP) is 1.88. The molecule has 0 spiro atoms. The van der Waals surface area contributed by atoms with Crippen molar-refractivity contribution < 1.29 is 23.8 Å².